The summed E-state index contributed by atoms with van der Waals surface area (Å²) in [5, 5.41) is 3.07. The Hall–Kier alpha value is -1.58. The fourth-order valence-electron chi connectivity index (χ4n) is 1.47. The monoisotopic (exact) mass is 178 g/mol. The van der Waals surface area contributed by atoms with Crippen molar-refractivity contribution in [3.8, 4) is 0 Å². The molecule has 68 valence electrons. The van der Waals surface area contributed by atoms with Gasteiger partial charge in [0, 0.05) is 24.5 Å². The molecule has 1 aliphatic heterocycles. The molecule has 1 atom stereocenters. The molecule has 4 heteroatoms. The molecule has 1 aromatic heterocycles. The predicted molar refractivity (Wildman–Crippen MR) is 47.4 cm³/mol. The van der Waals surface area contributed by atoms with Gasteiger partial charge in [0.05, 0.1) is 7.11 Å². The van der Waals surface area contributed by atoms with Crippen LogP contribution in [0.5, 0.6) is 0 Å². The van der Waals surface area contributed by atoms with Crippen LogP contribution in [0.15, 0.2) is 18.5 Å². The second kappa shape index (κ2) is 3.05. The number of pyridine rings is 1. The number of esters is 1. The maximum Gasteiger partial charge on any atom is 0.328 e. The largest absolute Gasteiger partial charge is 0.467 e. The van der Waals surface area contributed by atoms with Crippen molar-refractivity contribution in [3.63, 3.8) is 0 Å². The number of carbonyl (C=O) groups is 1. The van der Waals surface area contributed by atoms with Gasteiger partial charge in [-0.3, -0.25) is 4.98 Å². The molecule has 1 aliphatic rings. The lowest BCUT2D eigenvalue weighted by Crippen LogP contribution is -2.27. The van der Waals surface area contributed by atoms with Crippen molar-refractivity contribution in [2.24, 2.45) is 0 Å². The lowest BCUT2D eigenvalue weighted by Gasteiger charge is -2.07. The van der Waals surface area contributed by atoms with E-state index in [1.807, 2.05) is 6.07 Å². The Morgan fingerprint density at radius 3 is 3.31 bits per heavy atom. The molecule has 0 fully saturated rings. The highest BCUT2D eigenvalue weighted by molar-refractivity contribution is 5.82. The zero-order valence-corrected chi connectivity index (χ0v) is 7.28. The maximum absolute atomic E-state index is 11.2. The number of carbonyl (C=O) groups excluding carboxylic acids is 1. The van der Waals surface area contributed by atoms with E-state index in [-0.39, 0.29) is 12.0 Å². The number of hydrogen-bond donors (Lipinski definition) is 1. The van der Waals surface area contributed by atoms with Crippen molar-refractivity contribution < 1.29 is 9.53 Å². The third-order valence-corrected chi connectivity index (χ3v) is 2.14. The van der Waals surface area contributed by atoms with Gasteiger partial charge in [0.25, 0.3) is 0 Å². The van der Waals surface area contributed by atoms with E-state index in [9.17, 15) is 4.79 Å². The van der Waals surface area contributed by atoms with Crippen LogP contribution in [-0.4, -0.2) is 24.1 Å². The highest BCUT2D eigenvalue weighted by Crippen LogP contribution is 2.24. The van der Waals surface area contributed by atoms with E-state index in [1.54, 1.807) is 12.4 Å². The Morgan fingerprint density at radius 2 is 2.62 bits per heavy atom. The molecule has 0 radical (unpaired) electrons. The van der Waals surface area contributed by atoms with Crippen LogP contribution in [0, 0.1) is 0 Å². The molecule has 1 aromatic rings. The molecule has 2 rings (SSSR count). The zero-order chi connectivity index (χ0) is 9.26. The zero-order valence-electron chi connectivity index (χ0n) is 7.28. The number of nitrogens with zero attached hydrogens (tertiary/aromatic N) is 1. The number of fused-ring (bicyclic) bond motifs is 1. The van der Waals surface area contributed by atoms with Crippen molar-refractivity contribution in [3.05, 3.63) is 24.0 Å². The van der Waals surface area contributed by atoms with Crippen molar-refractivity contribution in [2.75, 3.05) is 12.4 Å². The average molecular weight is 178 g/mol. The van der Waals surface area contributed by atoms with E-state index in [2.05, 4.69) is 15.0 Å². The summed E-state index contributed by atoms with van der Waals surface area (Å²) in [7, 11) is 1.39. The normalized spacial score (nSPS) is 19.0. The van der Waals surface area contributed by atoms with Gasteiger partial charge in [-0.2, -0.15) is 0 Å². The van der Waals surface area contributed by atoms with Crippen LogP contribution in [0.2, 0.25) is 0 Å². The molecule has 1 unspecified atom stereocenters. The highest BCUT2D eigenvalue weighted by atomic mass is 16.5. The molecule has 0 aliphatic carbocycles. The van der Waals surface area contributed by atoms with E-state index >= 15 is 0 Å². The number of methoxy groups -OCH3 is 1. The fourth-order valence-corrected chi connectivity index (χ4v) is 1.47. The first kappa shape index (κ1) is 8.04. The van der Waals surface area contributed by atoms with Gasteiger partial charge in [-0.15, -0.1) is 0 Å². The Kier molecular flexibility index (Phi) is 1.88. The predicted octanol–water partition coefficient (Wildman–Crippen LogP) is 0.591. The molecular formula is C9H10N2O2. The number of ether oxygens (including phenoxy) is 1. The van der Waals surface area contributed by atoms with Crippen LogP contribution in [0.25, 0.3) is 0 Å². The molecule has 2 heterocycles. The number of aromatic nitrogens is 1. The molecule has 1 N–H and O–H groups in total. The summed E-state index contributed by atoms with van der Waals surface area (Å²) < 4.78 is 4.64. The molecule has 0 aromatic carbocycles. The molecule has 0 amide bonds. The Labute approximate surface area is 75.9 Å². The van der Waals surface area contributed by atoms with Gasteiger partial charge in [-0.25, -0.2) is 4.79 Å². The van der Waals surface area contributed by atoms with Gasteiger partial charge < -0.3 is 10.1 Å². The first-order chi connectivity index (χ1) is 6.31. The van der Waals surface area contributed by atoms with E-state index in [1.165, 1.54) is 7.11 Å². The number of rotatable bonds is 1. The van der Waals surface area contributed by atoms with E-state index in [4.69, 9.17) is 0 Å². The summed E-state index contributed by atoms with van der Waals surface area (Å²) in [5.41, 5.74) is 2.04. The Bertz CT molecular complexity index is 313. The van der Waals surface area contributed by atoms with Gasteiger partial charge in [-0.05, 0) is 11.6 Å². The topological polar surface area (TPSA) is 51.2 Å². The van der Waals surface area contributed by atoms with Crippen molar-refractivity contribution >= 4 is 11.7 Å². The van der Waals surface area contributed by atoms with Crippen LogP contribution in [0.1, 0.15) is 5.56 Å². The van der Waals surface area contributed by atoms with Crippen LogP contribution < -0.4 is 5.32 Å². The van der Waals surface area contributed by atoms with Gasteiger partial charge in [0.2, 0.25) is 0 Å². The maximum atomic E-state index is 11.2. The van der Waals surface area contributed by atoms with Crippen molar-refractivity contribution in [1.29, 1.82) is 0 Å². The smallest absolute Gasteiger partial charge is 0.328 e. The summed E-state index contributed by atoms with van der Waals surface area (Å²) in [6.45, 7) is 0. The van der Waals surface area contributed by atoms with Gasteiger partial charge in [-0.1, -0.05) is 0 Å². The molecule has 4 nitrogen and oxygen atoms in total. The molecule has 0 saturated carbocycles. The number of hydrogen-bond acceptors (Lipinski definition) is 4. The van der Waals surface area contributed by atoms with Crippen LogP contribution in [0.4, 0.5) is 5.69 Å². The van der Waals surface area contributed by atoms with Crippen molar-refractivity contribution in [2.45, 2.75) is 12.5 Å². The van der Waals surface area contributed by atoms with E-state index in [0.717, 1.165) is 11.3 Å². The first-order valence-corrected chi connectivity index (χ1v) is 4.08. The first-order valence-electron chi connectivity index (χ1n) is 4.08. The van der Waals surface area contributed by atoms with Crippen LogP contribution in [0.3, 0.4) is 0 Å². The summed E-state index contributed by atoms with van der Waals surface area (Å²) >= 11 is 0. The minimum absolute atomic E-state index is 0.226. The van der Waals surface area contributed by atoms with Crippen LogP contribution in [-0.2, 0) is 16.0 Å². The standard InChI is InChI=1S/C9H10N2O2/c1-13-9(12)8-4-6-5-10-3-2-7(6)11-8/h2-3,5,8,11H,4H2,1H3. The van der Waals surface area contributed by atoms with E-state index < -0.39 is 0 Å². The Morgan fingerprint density at radius 1 is 1.77 bits per heavy atom. The Balaban J connectivity index is 2.18. The summed E-state index contributed by atoms with van der Waals surface area (Å²) in [6, 6.07) is 1.61. The highest BCUT2D eigenvalue weighted by Gasteiger charge is 2.26. The van der Waals surface area contributed by atoms with Crippen LogP contribution >= 0.6 is 0 Å². The molecular weight excluding hydrogens is 168 g/mol. The molecule has 0 spiro atoms. The lowest BCUT2D eigenvalue weighted by molar-refractivity contribution is -0.141. The minimum atomic E-state index is -0.246. The summed E-state index contributed by atoms with van der Waals surface area (Å²) in [6.07, 6.45) is 4.13. The number of nitrogens with one attached hydrogen (secondary N) is 1. The third-order valence-electron chi connectivity index (χ3n) is 2.14. The van der Waals surface area contributed by atoms with Crippen molar-refractivity contribution in [1.82, 2.24) is 4.98 Å². The second-order valence-electron chi connectivity index (χ2n) is 2.96. The fraction of sp³-hybridized carbons (Fsp3) is 0.333. The SMILES string of the molecule is COC(=O)C1Cc2cnccc2N1. The second-order valence-corrected chi connectivity index (χ2v) is 2.96. The molecule has 0 saturated heterocycles. The summed E-state index contributed by atoms with van der Waals surface area (Å²) in [5.74, 6) is -0.226. The quantitative estimate of drug-likeness (QED) is 0.639. The molecule has 0 bridgehead atoms. The van der Waals surface area contributed by atoms with E-state index in [0.29, 0.717) is 6.42 Å². The lowest BCUT2D eigenvalue weighted by atomic mass is 10.1. The van der Waals surface area contributed by atoms with Gasteiger partial charge in [0.15, 0.2) is 0 Å². The number of anilines is 1. The average Bonchev–Trinajstić information content (AvgIpc) is 2.59. The molecule has 13 heavy (non-hydrogen) atoms. The summed E-state index contributed by atoms with van der Waals surface area (Å²) in [4.78, 5) is 15.2. The van der Waals surface area contributed by atoms with Gasteiger partial charge >= 0.3 is 5.97 Å². The minimum Gasteiger partial charge on any atom is -0.467 e. The van der Waals surface area contributed by atoms with Gasteiger partial charge in [0.1, 0.15) is 6.04 Å². The third kappa shape index (κ3) is 1.35.